The molecule has 9 heteroatoms. The molecule has 0 atom stereocenters. The minimum atomic E-state index is -4.08. The van der Waals surface area contributed by atoms with Crippen LogP contribution in [0.5, 0.6) is 0 Å². The van der Waals surface area contributed by atoms with Crippen LogP contribution in [-0.4, -0.2) is 57.4 Å². The van der Waals surface area contributed by atoms with Gasteiger partial charge < -0.3 is 9.80 Å². The first-order chi connectivity index (χ1) is 13.7. The zero-order valence-electron chi connectivity index (χ0n) is 16.2. The van der Waals surface area contributed by atoms with Crippen molar-refractivity contribution in [1.82, 2.24) is 9.80 Å². The molecule has 1 fully saturated rings. The summed E-state index contributed by atoms with van der Waals surface area (Å²) in [4.78, 5) is 16.3. The van der Waals surface area contributed by atoms with E-state index in [9.17, 15) is 22.0 Å². The van der Waals surface area contributed by atoms with Crippen molar-refractivity contribution in [2.24, 2.45) is 0 Å². The smallest absolute Gasteiger partial charge is 0.261 e. The Morgan fingerprint density at radius 2 is 1.69 bits per heavy atom. The fourth-order valence-electron chi connectivity index (χ4n) is 3.29. The predicted molar refractivity (Wildman–Crippen MR) is 106 cm³/mol. The molecule has 2 aromatic rings. The van der Waals surface area contributed by atoms with E-state index in [2.05, 4.69) is 16.7 Å². The number of rotatable bonds is 5. The van der Waals surface area contributed by atoms with E-state index >= 15 is 0 Å². The fraction of sp³-hybridized carbons (Fsp3) is 0.350. The standard InChI is InChI=1S/C20H23F2N3O3S/c1-24-11-9-16(10-12-24)25(2)20(26)14-3-5-15(6-4-14)23-29(27,28)17-7-8-18(21)19(22)13-17/h3-8,13,16,23H,9-12H2,1-2H3. The zero-order chi connectivity index (χ0) is 21.2. The molecule has 0 aliphatic carbocycles. The number of halogens is 2. The van der Waals surface area contributed by atoms with Crippen LogP contribution in [0.25, 0.3) is 0 Å². The number of anilines is 1. The number of sulfonamides is 1. The Morgan fingerprint density at radius 3 is 2.28 bits per heavy atom. The van der Waals surface area contributed by atoms with Crippen LogP contribution in [-0.2, 0) is 10.0 Å². The van der Waals surface area contributed by atoms with E-state index in [1.807, 2.05) is 0 Å². The molecule has 3 rings (SSSR count). The van der Waals surface area contributed by atoms with Gasteiger partial charge in [0, 0.05) is 24.3 Å². The Balaban J connectivity index is 1.69. The monoisotopic (exact) mass is 423 g/mol. The molecule has 6 nitrogen and oxygen atoms in total. The first kappa shape index (κ1) is 21.2. The Kier molecular flexibility index (Phi) is 6.18. The van der Waals surface area contributed by atoms with Crippen molar-refractivity contribution < 1.29 is 22.0 Å². The van der Waals surface area contributed by atoms with Crippen LogP contribution in [0.1, 0.15) is 23.2 Å². The minimum absolute atomic E-state index is 0.130. The van der Waals surface area contributed by atoms with Gasteiger partial charge in [-0.1, -0.05) is 0 Å². The molecule has 156 valence electrons. The predicted octanol–water partition coefficient (Wildman–Crippen LogP) is 2.93. The van der Waals surface area contributed by atoms with E-state index in [0.717, 1.165) is 38.1 Å². The van der Waals surface area contributed by atoms with Gasteiger partial charge in [0.2, 0.25) is 0 Å². The average molecular weight is 423 g/mol. The van der Waals surface area contributed by atoms with Crippen LogP contribution >= 0.6 is 0 Å². The Morgan fingerprint density at radius 1 is 1.07 bits per heavy atom. The third-order valence-electron chi connectivity index (χ3n) is 5.14. The molecule has 1 saturated heterocycles. The summed E-state index contributed by atoms with van der Waals surface area (Å²) in [6, 6.07) is 8.53. The van der Waals surface area contributed by atoms with Gasteiger partial charge in [0.05, 0.1) is 4.90 Å². The maximum atomic E-state index is 13.3. The summed E-state index contributed by atoms with van der Waals surface area (Å²) in [5, 5.41) is 0. The normalized spacial score (nSPS) is 15.9. The van der Waals surface area contributed by atoms with E-state index in [1.165, 1.54) is 24.3 Å². The van der Waals surface area contributed by atoms with Gasteiger partial charge >= 0.3 is 0 Å². The molecular weight excluding hydrogens is 400 g/mol. The van der Waals surface area contributed by atoms with Crippen molar-refractivity contribution in [2.75, 3.05) is 31.9 Å². The maximum Gasteiger partial charge on any atom is 0.261 e. The average Bonchev–Trinajstić information content (AvgIpc) is 2.70. The van der Waals surface area contributed by atoms with Crippen LogP contribution in [0, 0.1) is 11.6 Å². The van der Waals surface area contributed by atoms with Gasteiger partial charge in [0.25, 0.3) is 15.9 Å². The zero-order valence-corrected chi connectivity index (χ0v) is 17.0. The molecule has 0 saturated carbocycles. The van der Waals surface area contributed by atoms with Gasteiger partial charge in [-0.2, -0.15) is 0 Å². The molecule has 0 spiro atoms. The number of amides is 1. The highest BCUT2D eigenvalue weighted by Gasteiger charge is 2.25. The molecule has 1 aliphatic heterocycles. The summed E-state index contributed by atoms with van der Waals surface area (Å²) in [7, 11) is -0.252. The molecule has 0 radical (unpaired) electrons. The number of carbonyl (C=O) groups excluding carboxylic acids is 1. The second-order valence-corrected chi connectivity index (χ2v) is 8.89. The summed E-state index contributed by atoms with van der Waals surface area (Å²) in [5.41, 5.74) is 0.662. The number of likely N-dealkylation sites (tertiary alicyclic amines) is 1. The SMILES string of the molecule is CN1CCC(N(C)C(=O)c2ccc(NS(=O)(=O)c3ccc(F)c(F)c3)cc2)CC1. The van der Waals surface area contributed by atoms with Crippen molar-refractivity contribution in [3.05, 3.63) is 59.7 Å². The lowest BCUT2D eigenvalue weighted by Gasteiger charge is -2.35. The van der Waals surface area contributed by atoms with E-state index in [-0.39, 0.29) is 17.6 Å². The minimum Gasteiger partial charge on any atom is -0.339 e. The number of nitrogens with zero attached hydrogens (tertiary/aromatic N) is 2. The molecule has 1 aliphatic rings. The summed E-state index contributed by atoms with van der Waals surface area (Å²) >= 11 is 0. The fourth-order valence-corrected chi connectivity index (χ4v) is 4.36. The van der Waals surface area contributed by atoms with Crippen LogP contribution < -0.4 is 4.72 Å². The molecule has 0 unspecified atom stereocenters. The highest BCUT2D eigenvalue weighted by molar-refractivity contribution is 7.92. The van der Waals surface area contributed by atoms with Gasteiger partial charge in [-0.15, -0.1) is 0 Å². The van der Waals surface area contributed by atoms with Crippen molar-refractivity contribution in [3.63, 3.8) is 0 Å². The summed E-state index contributed by atoms with van der Waals surface area (Å²) < 4.78 is 53.3. The van der Waals surface area contributed by atoms with Crippen LogP contribution in [0.4, 0.5) is 14.5 Å². The second-order valence-electron chi connectivity index (χ2n) is 7.21. The highest BCUT2D eigenvalue weighted by atomic mass is 32.2. The largest absolute Gasteiger partial charge is 0.339 e. The first-order valence-corrected chi connectivity index (χ1v) is 10.7. The lowest BCUT2D eigenvalue weighted by atomic mass is 10.0. The third-order valence-corrected chi connectivity index (χ3v) is 6.52. The Labute approximate surface area is 169 Å². The maximum absolute atomic E-state index is 13.3. The van der Waals surface area contributed by atoms with E-state index < -0.39 is 26.6 Å². The number of piperidine rings is 1. The molecular formula is C20H23F2N3O3S. The quantitative estimate of drug-likeness (QED) is 0.803. The third kappa shape index (κ3) is 4.91. The van der Waals surface area contributed by atoms with E-state index in [0.29, 0.717) is 11.6 Å². The van der Waals surface area contributed by atoms with E-state index in [1.54, 1.807) is 11.9 Å². The lowest BCUT2D eigenvalue weighted by Crippen LogP contribution is -2.44. The molecule has 2 aromatic carbocycles. The van der Waals surface area contributed by atoms with E-state index in [4.69, 9.17) is 0 Å². The Bertz CT molecular complexity index is 989. The summed E-state index contributed by atoms with van der Waals surface area (Å²) in [6.45, 7) is 1.87. The second kappa shape index (κ2) is 8.46. The number of carbonyl (C=O) groups is 1. The molecule has 1 heterocycles. The molecule has 1 amide bonds. The number of nitrogens with one attached hydrogen (secondary N) is 1. The van der Waals surface area contributed by atoms with Crippen molar-refractivity contribution in [2.45, 2.75) is 23.8 Å². The number of hydrogen-bond acceptors (Lipinski definition) is 4. The van der Waals surface area contributed by atoms with Crippen molar-refractivity contribution in [1.29, 1.82) is 0 Å². The molecule has 29 heavy (non-hydrogen) atoms. The first-order valence-electron chi connectivity index (χ1n) is 9.21. The van der Waals surface area contributed by atoms with Crippen LogP contribution in [0.2, 0.25) is 0 Å². The Hall–Kier alpha value is -2.52. The number of benzene rings is 2. The lowest BCUT2D eigenvalue weighted by molar-refractivity contribution is 0.0659. The molecule has 1 N–H and O–H groups in total. The van der Waals surface area contributed by atoms with Gasteiger partial charge in [-0.25, -0.2) is 17.2 Å². The van der Waals surface area contributed by atoms with Crippen LogP contribution in [0.3, 0.4) is 0 Å². The topological polar surface area (TPSA) is 69.7 Å². The van der Waals surface area contributed by atoms with Gasteiger partial charge in [-0.05, 0) is 75.4 Å². The van der Waals surface area contributed by atoms with Gasteiger partial charge in [-0.3, -0.25) is 9.52 Å². The summed E-state index contributed by atoms with van der Waals surface area (Å²) in [6.07, 6.45) is 1.82. The van der Waals surface area contributed by atoms with Crippen LogP contribution in [0.15, 0.2) is 47.4 Å². The van der Waals surface area contributed by atoms with Crippen molar-refractivity contribution in [3.8, 4) is 0 Å². The molecule has 0 aromatic heterocycles. The van der Waals surface area contributed by atoms with Crippen molar-refractivity contribution >= 4 is 21.6 Å². The van der Waals surface area contributed by atoms with Gasteiger partial charge in [0.15, 0.2) is 11.6 Å². The molecule has 0 bridgehead atoms. The van der Waals surface area contributed by atoms with Gasteiger partial charge in [0.1, 0.15) is 0 Å². The highest BCUT2D eigenvalue weighted by Crippen LogP contribution is 2.21. The number of hydrogen-bond donors (Lipinski definition) is 1. The summed E-state index contributed by atoms with van der Waals surface area (Å²) in [5.74, 6) is -2.50.